The Morgan fingerprint density at radius 3 is 1.84 bits per heavy atom. The van der Waals surface area contributed by atoms with Gasteiger partial charge in [-0.3, -0.25) is 9.97 Å². The molecule has 251 valence electrons. The van der Waals surface area contributed by atoms with Crippen LogP contribution >= 0.6 is 0 Å². The van der Waals surface area contributed by atoms with Crippen LogP contribution < -0.4 is 0 Å². The van der Waals surface area contributed by atoms with Crippen molar-refractivity contribution in [1.82, 2.24) is 19.1 Å². The maximum atomic E-state index is 6.15. The Kier molecular flexibility index (Phi) is 11.7. The van der Waals surface area contributed by atoms with Crippen LogP contribution in [0.4, 0.5) is 0 Å². The third-order valence-electron chi connectivity index (χ3n) is 8.55. The van der Waals surface area contributed by atoms with Gasteiger partial charge in [-0.1, -0.05) is 50.5 Å². The summed E-state index contributed by atoms with van der Waals surface area (Å²) in [5, 5.41) is 1.17. The molecule has 0 aliphatic rings. The van der Waals surface area contributed by atoms with E-state index in [1.807, 2.05) is 91.5 Å². The summed E-state index contributed by atoms with van der Waals surface area (Å²) in [4.78, 5) is 8.92. The molecule has 5 nitrogen and oxygen atoms in total. The number of fused-ring (bicyclic) bond motifs is 1. The molecule has 5 aromatic carbocycles. The van der Waals surface area contributed by atoms with Crippen LogP contribution in [-0.2, 0) is 26.5 Å². The molecule has 0 unspecified atom stereocenters. The van der Waals surface area contributed by atoms with E-state index in [1.54, 1.807) is 0 Å². The number of aryl methyl sites for hydroxylation is 1. The number of benzene rings is 5. The quantitative estimate of drug-likeness (QED) is 0.102. The number of rotatable bonds is 10. The monoisotopic (exact) mass is 831 g/mol. The summed E-state index contributed by atoms with van der Waals surface area (Å²) < 4.78 is 10.3. The van der Waals surface area contributed by atoms with Gasteiger partial charge in [-0.25, -0.2) is 0 Å². The van der Waals surface area contributed by atoms with E-state index in [0.29, 0.717) is 0 Å². The first-order valence-corrected chi connectivity index (χ1v) is 17.0. The molecule has 0 aliphatic carbocycles. The van der Waals surface area contributed by atoms with E-state index in [1.165, 1.54) is 36.6 Å². The molecule has 0 saturated heterocycles. The molecule has 0 atom stereocenters. The van der Waals surface area contributed by atoms with Crippen LogP contribution in [-0.4, -0.2) is 19.1 Å². The van der Waals surface area contributed by atoms with Crippen molar-refractivity contribution in [3.63, 3.8) is 0 Å². The Morgan fingerprint density at radius 2 is 1.24 bits per heavy atom. The molecule has 50 heavy (non-hydrogen) atoms. The minimum Gasteiger partial charge on any atom is -0.456 e. The second-order valence-corrected chi connectivity index (χ2v) is 12.0. The summed E-state index contributed by atoms with van der Waals surface area (Å²) in [6, 6.07) is 49.6. The Hall–Kier alpha value is -5.29. The summed E-state index contributed by atoms with van der Waals surface area (Å²) in [5.74, 6) is 2.70. The van der Waals surface area contributed by atoms with Crippen LogP contribution in [0.1, 0.15) is 38.2 Å². The summed E-state index contributed by atoms with van der Waals surface area (Å²) >= 11 is 0. The van der Waals surface area contributed by atoms with Crippen molar-refractivity contribution in [3.8, 4) is 45.5 Å². The first-order valence-electron chi connectivity index (χ1n) is 17.0. The molecule has 3 aromatic heterocycles. The van der Waals surface area contributed by atoms with Crippen molar-refractivity contribution in [1.29, 1.82) is 0 Å². The van der Waals surface area contributed by atoms with Crippen molar-refractivity contribution in [3.05, 3.63) is 170 Å². The summed E-state index contributed by atoms with van der Waals surface area (Å²) in [5.41, 5.74) is 7.55. The summed E-state index contributed by atoms with van der Waals surface area (Å²) in [7, 11) is 0. The second-order valence-electron chi connectivity index (χ2n) is 12.0. The minimum atomic E-state index is 0. The van der Waals surface area contributed by atoms with E-state index in [-0.39, 0.29) is 20.1 Å². The third-order valence-corrected chi connectivity index (χ3v) is 8.55. The molecule has 0 N–H and O–H groups in total. The van der Waals surface area contributed by atoms with Crippen LogP contribution in [0.5, 0.6) is 0 Å². The van der Waals surface area contributed by atoms with Gasteiger partial charge in [0.2, 0.25) is 0 Å². The van der Waals surface area contributed by atoms with Gasteiger partial charge in [-0.2, -0.15) is 0 Å². The molecular weight excluding hydrogens is 793 g/mol. The van der Waals surface area contributed by atoms with Crippen molar-refractivity contribution in [2.75, 3.05) is 0 Å². The number of aromatic nitrogens is 4. The van der Waals surface area contributed by atoms with Gasteiger partial charge in [-0.15, -0.1) is 71.8 Å². The number of nitrogens with zero attached hydrogens (tertiary/aromatic N) is 4. The van der Waals surface area contributed by atoms with Gasteiger partial charge in [0, 0.05) is 67.2 Å². The molecular formula is C44H38IrN4O-2. The second kappa shape index (κ2) is 16.9. The normalized spacial score (nSPS) is 10.7. The van der Waals surface area contributed by atoms with Crippen molar-refractivity contribution < 1.29 is 24.5 Å². The first kappa shape index (κ1) is 34.6. The smallest absolute Gasteiger partial charge is 0.135 e. The van der Waals surface area contributed by atoms with Gasteiger partial charge in [0.15, 0.2) is 0 Å². The van der Waals surface area contributed by atoms with Gasteiger partial charge >= 0.3 is 0 Å². The Labute approximate surface area is 307 Å². The number of para-hydroxylation sites is 1. The Bertz CT molecular complexity index is 2150. The number of hydrogen-bond donors (Lipinski definition) is 0. The van der Waals surface area contributed by atoms with Crippen molar-refractivity contribution >= 4 is 11.0 Å². The van der Waals surface area contributed by atoms with Crippen molar-refractivity contribution in [2.45, 2.75) is 39.0 Å². The number of imidazole rings is 2. The zero-order valence-corrected chi connectivity index (χ0v) is 30.4. The molecule has 1 radical (unpaired) electrons. The molecule has 0 bridgehead atoms. The average molecular weight is 831 g/mol. The fourth-order valence-electron chi connectivity index (χ4n) is 6.01. The van der Waals surface area contributed by atoms with E-state index in [4.69, 9.17) is 4.42 Å². The topological polar surface area (TPSA) is 48.8 Å². The van der Waals surface area contributed by atoms with E-state index < -0.39 is 0 Å². The molecule has 0 fully saturated rings. The summed E-state index contributed by atoms with van der Waals surface area (Å²) in [6.45, 7) is 2.25. The van der Waals surface area contributed by atoms with Gasteiger partial charge in [0.25, 0.3) is 0 Å². The SMILES string of the molecule is CCCCCCc1ccc2oc(-c3ccc(-n4ccnc4-c4[c-]cccc4)cc3)cc2c1.[Ir].[c-]1ccccc1-c1nccn1-c1ccccc1. The van der Waals surface area contributed by atoms with Gasteiger partial charge in [-0.05, 0) is 73.0 Å². The average Bonchev–Trinajstić information content (AvgIpc) is 3.95. The van der Waals surface area contributed by atoms with E-state index in [9.17, 15) is 0 Å². The van der Waals surface area contributed by atoms with Gasteiger partial charge in [0.1, 0.15) is 11.3 Å². The Morgan fingerprint density at radius 1 is 0.620 bits per heavy atom. The van der Waals surface area contributed by atoms with E-state index >= 15 is 0 Å². The number of furan rings is 1. The van der Waals surface area contributed by atoms with Crippen LogP contribution in [0.15, 0.2) is 157 Å². The molecule has 0 aliphatic heterocycles. The standard InChI is InChI=1S/C29H27N2O.C15H11N2.Ir/c1-2-3-4-6-9-22-12-17-27-25(20-22)21-28(32-27)23-13-15-26(16-14-23)31-19-18-30-29(31)24-10-7-5-8-11-24;1-3-7-13(8-4-1)15-16-11-12-17(15)14-9-5-2-6-10-14;/h5,7-8,10,12-21H,2-4,6,9H2,1H3;1-7,9-12H;/q2*-1;. The number of hydrogen-bond acceptors (Lipinski definition) is 3. The van der Waals surface area contributed by atoms with Crippen molar-refractivity contribution in [2.24, 2.45) is 0 Å². The first-order chi connectivity index (χ1) is 24.3. The predicted molar refractivity (Wildman–Crippen MR) is 199 cm³/mol. The molecule has 8 aromatic rings. The largest absolute Gasteiger partial charge is 0.456 e. The van der Waals surface area contributed by atoms with Crippen LogP contribution in [0, 0.1) is 12.1 Å². The van der Waals surface area contributed by atoms with Crippen LogP contribution in [0.25, 0.3) is 56.4 Å². The molecule has 0 amide bonds. The maximum Gasteiger partial charge on any atom is 0.135 e. The zero-order valence-electron chi connectivity index (χ0n) is 28.0. The molecule has 0 spiro atoms. The molecule has 8 rings (SSSR count). The van der Waals surface area contributed by atoms with Crippen LogP contribution in [0.2, 0.25) is 0 Å². The Balaban J connectivity index is 0.000000202. The van der Waals surface area contributed by atoms with Crippen LogP contribution in [0.3, 0.4) is 0 Å². The zero-order chi connectivity index (χ0) is 33.3. The summed E-state index contributed by atoms with van der Waals surface area (Å²) in [6.07, 6.45) is 13.9. The minimum absolute atomic E-state index is 0. The molecule has 0 saturated carbocycles. The molecule has 3 heterocycles. The van der Waals surface area contributed by atoms with Gasteiger partial charge in [0.05, 0.1) is 11.6 Å². The number of unbranched alkanes of at least 4 members (excludes halogenated alkanes) is 3. The van der Waals surface area contributed by atoms with E-state index in [2.05, 4.69) is 98.8 Å². The third kappa shape index (κ3) is 8.11. The predicted octanol–water partition coefficient (Wildman–Crippen LogP) is 11.2. The molecule has 6 heteroatoms. The maximum absolute atomic E-state index is 6.15. The van der Waals surface area contributed by atoms with E-state index in [0.717, 1.165) is 57.5 Å². The van der Waals surface area contributed by atoms with Gasteiger partial charge < -0.3 is 13.6 Å². The fourth-order valence-corrected chi connectivity index (χ4v) is 6.01. The fraction of sp³-hybridized carbons (Fsp3) is 0.136.